The predicted octanol–water partition coefficient (Wildman–Crippen LogP) is 1.54. The lowest BCUT2D eigenvalue weighted by Crippen LogP contribution is -2.38. The van der Waals surface area contributed by atoms with Crippen LogP contribution in [0.1, 0.15) is 44.9 Å². The normalized spacial score (nSPS) is 24.5. The highest BCUT2D eigenvalue weighted by molar-refractivity contribution is 6.25. The van der Waals surface area contributed by atoms with Crippen LogP contribution in [0.15, 0.2) is 24.3 Å². The van der Waals surface area contributed by atoms with Gasteiger partial charge in [-0.3, -0.25) is 9.59 Å². The van der Waals surface area contributed by atoms with Gasteiger partial charge in [-0.2, -0.15) is 0 Å². The van der Waals surface area contributed by atoms with E-state index in [1.54, 1.807) is 0 Å². The number of aromatic hydroxyl groups is 2. The Hall–Kier alpha value is -2.70. The van der Waals surface area contributed by atoms with Crippen molar-refractivity contribution in [3.63, 3.8) is 0 Å². The molecular formula is C18H14O6. The smallest absolute Gasteiger partial charge is 0.194 e. The van der Waals surface area contributed by atoms with E-state index in [2.05, 4.69) is 0 Å². The van der Waals surface area contributed by atoms with Gasteiger partial charge in [0.1, 0.15) is 17.6 Å². The highest BCUT2D eigenvalue weighted by atomic mass is 16.3. The zero-order valence-corrected chi connectivity index (χ0v) is 12.6. The molecule has 0 unspecified atom stereocenters. The van der Waals surface area contributed by atoms with Crippen LogP contribution < -0.4 is 0 Å². The van der Waals surface area contributed by atoms with Gasteiger partial charge < -0.3 is 20.4 Å². The van der Waals surface area contributed by atoms with Gasteiger partial charge >= 0.3 is 0 Å². The number of benzene rings is 2. The Morgan fingerprint density at radius 3 is 2.33 bits per heavy atom. The first-order valence-corrected chi connectivity index (χ1v) is 7.51. The Morgan fingerprint density at radius 1 is 0.917 bits per heavy atom. The van der Waals surface area contributed by atoms with Gasteiger partial charge in [-0.25, -0.2) is 0 Å². The van der Waals surface area contributed by atoms with Crippen molar-refractivity contribution in [2.45, 2.75) is 19.1 Å². The summed E-state index contributed by atoms with van der Waals surface area (Å²) in [4.78, 5) is 25.2. The average molecular weight is 326 g/mol. The zero-order chi connectivity index (χ0) is 17.3. The molecule has 0 aromatic heterocycles. The molecule has 0 aliphatic heterocycles. The molecule has 6 heteroatoms. The number of aliphatic hydroxyl groups is 2. The summed E-state index contributed by atoms with van der Waals surface area (Å²) in [7, 11) is 0. The number of Topliss-reactive ketones (excluding diaryl/α,β-unsaturated/α-hetero) is 1. The largest absolute Gasteiger partial charge is 0.507 e. The van der Waals surface area contributed by atoms with Gasteiger partial charge in [-0.05, 0) is 12.1 Å². The summed E-state index contributed by atoms with van der Waals surface area (Å²) in [6, 6.07) is 5.58. The zero-order valence-electron chi connectivity index (χ0n) is 12.6. The summed E-state index contributed by atoms with van der Waals surface area (Å²) >= 11 is 0. The van der Waals surface area contributed by atoms with E-state index in [1.165, 1.54) is 31.2 Å². The minimum Gasteiger partial charge on any atom is -0.507 e. The molecule has 3 atom stereocenters. The fourth-order valence-electron chi connectivity index (χ4n) is 3.66. The minimum absolute atomic E-state index is 0.0130. The van der Waals surface area contributed by atoms with Gasteiger partial charge in [0.05, 0.1) is 6.10 Å². The van der Waals surface area contributed by atoms with Crippen molar-refractivity contribution >= 4 is 11.6 Å². The molecule has 2 aromatic rings. The van der Waals surface area contributed by atoms with E-state index in [0.29, 0.717) is 0 Å². The third-order valence-electron chi connectivity index (χ3n) is 4.92. The first-order chi connectivity index (χ1) is 11.3. The van der Waals surface area contributed by atoms with Crippen LogP contribution in [0.25, 0.3) is 11.1 Å². The van der Waals surface area contributed by atoms with Crippen LogP contribution in [0, 0.1) is 5.92 Å². The van der Waals surface area contributed by atoms with E-state index >= 15 is 0 Å². The molecule has 4 rings (SSSR count). The SMILES string of the molecule is C[C@H]1C(=O)c2cc(O)c3c(c2[C@@H](O)[C@@H]1O)C(=O)c1cccc(O)c1-3. The number of aliphatic hydroxyl groups excluding tert-OH is 2. The molecule has 122 valence electrons. The van der Waals surface area contributed by atoms with Crippen molar-refractivity contribution in [3.05, 3.63) is 46.5 Å². The van der Waals surface area contributed by atoms with Crippen molar-refractivity contribution < 1.29 is 30.0 Å². The number of hydrogen-bond donors (Lipinski definition) is 4. The topological polar surface area (TPSA) is 115 Å². The van der Waals surface area contributed by atoms with Crippen LogP contribution in [0.4, 0.5) is 0 Å². The lowest BCUT2D eigenvalue weighted by atomic mass is 9.76. The number of carbonyl (C=O) groups excluding carboxylic acids is 2. The number of rotatable bonds is 0. The second-order valence-corrected chi connectivity index (χ2v) is 6.22. The Kier molecular flexibility index (Phi) is 2.88. The summed E-state index contributed by atoms with van der Waals surface area (Å²) < 4.78 is 0. The maximum absolute atomic E-state index is 12.8. The Bertz CT molecular complexity index is 930. The molecule has 4 N–H and O–H groups in total. The fraction of sp³-hybridized carbons (Fsp3) is 0.222. The first kappa shape index (κ1) is 14.9. The van der Waals surface area contributed by atoms with Crippen LogP contribution >= 0.6 is 0 Å². The van der Waals surface area contributed by atoms with Crippen LogP contribution in [-0.4, -0.2) is 38.1 Å². The molecule has 2 aliphatic rings. The maximum Gasteiger partial charge on any atom is 0.194 e. The molecule has 0 spiro atoms. The highest BCUT2D eigenvalue weighted by Gasteiger charge is 2.44. The molecule has 0 bridgehead atoms. The molecule has 2 aliphatic carbocycles. The molecule has 24 heavy (non-hydrogen) atoms. The fourth-order valence-corrected chi connectivity index (χ4v) is 3.66. The van der Waals surface area contributed by atoms with Gasteiger partial charge in [0.15, 0.2) is 11.6 Å². The van der Waals surface area contributed by atoms with Crippen LogP contribution in [-0.2, 0) is 0 Å². The van der Waals surface area contributed by atoms with E-state index < -0.39 is 29.7 Å². The summed E-state index contributed by atoms with van der Waals surface area (Å²) in [5.74, 6) is -2.30. The second kappa shape index (κ2) is 4.66. The van der Waals surface area contributed by atoms with E-state index in [9.17, 15) is 30.0 Å². The van der Waals surface area contributed by atoms with Gasteiger partial charge in [-0.1, -0.05) is 19.1 Å². The van der Waals surface area contributed by atoms with Crippen LogP contribution in [0.5, 0.6) is 11.5 Å². The number of ketones is 2. The average Bonchev–Trinajstić information content (AvgIpc) is 2.86. The first-order valence-electron chi connectivity index (χ1n) is 7.51. The quantitative estimate of drug-likeness (QED) is 0.498. The van der Waals surface area contributed by atoms with Crippen molar-refractivity contribution in [3.8, 4) is 22.6 Å². The maximum atomic E-state index is 12.8. The number of fused-ring (bicyclic) bond motifs is 5. The Labute approximate surface area is 136 Å². The second-order valence-electron chi connectivity index (χ2n) is 6.22. The van der Waals surface area contributed by atoms with E-state index in [0.717, 1.165) is 0 Å². The number of hydrogen-bond acceptors (Lipinski definition) is 6. The Morgan fingerprint density at radius 2 is 1.62 bits per heavy atom. The lowest BCUT2D eigenvalue weighted by Gasteiger charge is -2.32. The van der Waals surface area contributed by atoms with E-state index in [1.807, 2.05) is 0 Å². The van der Waals surface area contributed by atoms with Crippen molar-refractivity contribution in [2.24, 2.45) is 5.92 Å². The van der Waals surface area contributed by atoms with Gasteiger partial charge in [0.2, 0.25) is 0 Å². The third kappa shape index (κ3) is 1.61. The molecule has 0 amide bonds. The molecule has 6 nitrogen and oxygen atoms in total. The van der Waals surface area contributed by atoms with Gasteiger partial charge in [0.25, 0.3) is 0 Å². The standard InChI is InChI=1S/C18H14O6/c1-6-15(21)8-5-10(20)13-11-7(3-2-4-9(11)19)17(23)14(13)12(8)18(24)16(6)22/h2-6,16,18-20,22,24H,1H3/t6-,16+,18+/m0/s1. The van der Waals surface area contributed by atoms with Crippen molar-refractivity contribution in [1.29, 1.82) is 0 Å². The molecule has 0 radical (unpaired) electrons. The van der Waals surface area contributed by atoms with Crippen LogP contribution in [0.3, 0.4) is 0 Å². The molecule has 0 saturated carbocycles. The highest BCUT2D eigenvalue weighted by Crippen LogP contribution is 2.51. The monoisotopic (exact) mass is 326 g/mol. The van der Waals surface area contributed by atoms with Gasteiger partial charge in [0, 0.05) is 39.3 Å². The number of phenolic OH excluding ortho intramolecular Hbond substituents is 2. The van der Waals surface area contributed by atoms with Crippen molar-refractivity contribution in [1.82, 2.24) is 0 Å². The lowest BCUT2D eigenvalue weighted by molar-refractivity contribution is -0.0158. The number of phenols is 2. The summed E-state index contributed by atoms with van der Waals surface area (Å²) in [6.45, 7) is 1.48. The molecule has 0 fully saturated rings. The molecular weight excluding hydrogens is 312 g/mol. The van der Waals surface area contributed by atoms with Gasteiger partial charge in [-0.15, -0.1) is 0 Å². The third-order valence-corrected chi connectivity index (χ3v) is 4.92. The molecule has 2 aromatic carbocycles. The number of carbonyl (C=O) groups is 2. The van der Waals surface area contributed by atoms with Crippen molar-refractivity contribution in [2.75, 3.05) is 0 Å². The molecule has 0 heterocycles. The van der Waals surface area contributed by atoms with E-state index in [4.69, 9.17) is 0 Å². The van der Waals surface area contributed by atoms with Crippen LogP contribution in [0.2, 0.25) is 0 Å². The summed E-state index contributed by atoms with van der Waals surface area (Å²) in [6.07, 6.45) is -2.77. The predicted molar refractivity (Wildman–Crippen MR) is 83.1 cm³/mol. The van der Waals surface area contributed by atoms with E-state index in [-0.39, 0.29) is 44.9 Å². The summed E-state index contributed by atoms with van der Waals surface area (Å²) in [5.41, 5.74) is 0.442. The summed E-state index contributed by atoms with van der Waals surface area (Å²) in [5, 5.41) is 41.0. The molecule has 0 saturated heterocycles. The minimum atomic E-state index is -1.43. The Balaban J connectivity index is 2.12.